The molecular formula is C23H17Br3N4OS. The highest BCUT2D eigenvalue weighted by Gasteiger charge is 2.18. The molecule has 1 N–H and O–H groups in total. The number of hydrogen-bond donors (Lipinski definition) is 1. The molecule has 0 bridgehead atoms. The lowest BCUT2D eigenvalue weighted by Crippen LogP contribution is -2.15. The highest BCUT2D eigenvalue weighted by atomic mass is 79.9. The van der Waals surface area contributed by atoms with E-state index in [2.05, 4.69) is 63.3 Å². The fourth-order valence-electron chi connectivity index (χ4n) is 3.03. The molecule has 0 aliphatic carbocycles. The fraction of sp³-hybridized carbons (Fsp3) is 0.0870. The van der Waals surface area contributed by atoms with Crippen molar-refractivity contribution in [2.45, 2.75) is 12.1 Å². The van der Waals surface area contributed by atoms with Gasteiger partial charge in [-0.15, -0.1) is 10.2 Å². The third kappa shape index (κ3) is 5.33. The van der Waals surface area contributed by atoms with Crippen molar-refractivity contribution in [2.75, 3.05) is 11.1 Å². The van der Waals surface area contributed by atoms with E-state index in [1.54, 1.807) is 0 Å². The number of thioether (sulfide) groups is 1. The Balaban J connectivity index is 1.59. The summed E-state index contributed by atoms with van der Waals surface area (Å²) in [6.07, 6.45) is 0. The lowest BCUT2D eigenvalue weighted by Gasteiger charge is -2.12. The molecule has 9 heteroatoms. The summed E-state index contributed by atoms with van der Waals surface area (Å²) in [5, 5.41) is 12.4. The molecule has 32 heavy (non-hydrogen) atoms. The van der Waals surface area contributed by atoms with Crippen molar-refractivity contribution >= 4 is 71.1 Å². The first-order valence-corrected chi connectivity index (χ1v) is 12.9. The van der Waals surface area contributed by atoms with Crippen molar-refractivity contribution in [3.63, 3.8) is 0 Å². The van der Waals surface area contributed by atoms with Gasteiger partial charge in [0, 0.05) is 24.7 Å². The van der Waals surface area contributed by atoms with E-state index in [1.165, 1.54) is 17.3 Å². The van der Waals surface area contributed by atoms with Crippen LogP contribution in [0, 0.1) is 6.92 Å². The van der Waals surface area contributed by atoms with Crippen LogP contribution in [0.2, 0.25) is 0 Å². The van der Waals surface area contributed by atoms with Crippen molar-refractivity contribution < 1.29 is 4.79 Å². The third-order valence-electron chi connectivity index (χ3n) is 4.56. The van der Waals surface area contributed by atoms with Crippen LogP contribution in [-0.4, -0.2) is 26.4 Å². The number of nitrogens with zero attached hydrogens (tertiary/aromatic N) is 3. The normalized spacial score (nSPS) is 10.9. The number of aromatic nitrogens is 3. The second-order valence-corrected chi connectivity index (χ2v) is 10.5. The molecule has 0 aliphatic heterocycles. The van der Waals surface area contributed by atoms with E-state index in [9.17, 15) is 4.79 Å². The quantitative estimate of drug-likeness (QED) is 0.226. The van der Waals surface area contributed by atoms with Crippen LogP contribution in [0.3, 0.4) is 0 Å². The molecule has 0 fully saturated rings. The van der Waals surface area contributed by atoms with E-state index in [0.29, 0.717) is 10.8 Å². The Labute approximate surface area is 215 Å². The van der Waals surface area contributed by atoms with Crippen LogP contribution in [0.1, 0.15) is 5.56 Å². The van der Waals surface area contributed by atoms with Crippen LogP contribution < -0.4 is 5.32 Å². The standard InChI is InChI=1S/C23H17Br3N4OS/c1-14-7-9-17(10-8-14)30-22(15-5-3-2-4-6-15)28-29-23(30)32-13-20(31)27-21-18(25)11-16(24)12-19(21)26/h2-12H,13H2,1H3,(H,27,31). The topological polar surface area (TPSA) is 59.8 Å². The van der Waals surface area contributed by atoms with Crippen LogP contribution in [0.5, 0.6) is 0 Å². The van der Waals surface area contributed by atoms with Gasteiger partial charge in [0.2, 0.25) is 5.91 Å². The van der Waals surface area contributed by atoms with E-state index in [4.69, 9.17) is 0 Å². The zero-order valence-corrected chi connectivity index (χ0v) is 22.4. The highest BCUT2D eigenvalue weighted by Crippen LogP contribution is 2.35. The summed E-state index contributed by atoms with van der Waals surface area (Å²) < 4.78 is 4.46. The zero-order valence-electron chi connectivity index (χ0n) is 16.8. The van der Waals surface area contributed by atoms with Crippen LogP contribution >= 0.6 is 59.6 Å². The van der Waals surface area contributed by atoms with E-state index in [1.807, 2.05) is 78.2 Å². The molecular weight excluding hydrogens is 620 g/mol. The number of rotatable bonds is 6. The number of carbonyl (C=O) groups is 1. The molecule has 5 nitrogen and oxygen atoms in total. The molecule has 0 unspecified atom stereocenters. The van der Waals surface area contributed by atoms with Gasteiger partial charge in [-0.1, -0.05) is 75.7 Å². The Morgan fingerprint density at radius 1 is 0.969 bits per heavy atom. The molecule has 1 aromatic heterocycles. The Morgan fingerprint density at radius 3 is 2.28 bits per heavy atom. The van der Waals surface area contributed by atoms with Gasteiger partial charge < -0.3 is 5.32 Å². The zero-order chi connectivity index (χ0) is 22.7. The molecule has 1 amide bonds. The van der Waals surface area contributed by atoms with Crippen LogP contribution in [-0.2, 0) is 4.79 Å². The van der Waals surface area contributed by atoms with Gasteiger partial charge >= 0.3 is 0 Å². The second-order valence-electron chi connectivity index (χ2n) is 6.92. The Bertz CT molecular complexity index is 1240. The van der Waals surface area contributed by atoms with Gasteiger partial charge in [-0.25, -0.2) is 0 Å². The number of halogens is 3. The van der Waals surface area contributed by atoms with Crippen LogP contribution in [0.4, 0.5) is 5.69 Å². The molecule has 0 saturated carbocycles. The van der Waals surface area contributed by atoms with Crippen LogP contribution in [0.25, 0.3) is 17.1 Å². The number of aryl methyl sites for hydroxylation is 1. The summed E-state index contributed by atoms with van der Waals surface area (Å²) in [5.41, 5.74) is 3.76. The summed E-state index contributed by atoms with van der Waals surface area (Å²) in [7, 11) is 0. The van der Waals surface area contributed by atoms with Crippen molar-refractivity contribution in [3.05, 3.63) is 85.7 Å². The summed E-state index contributed by atoms with van der Waals surface area (Å²) in [4.78, 5) is 12.7. The Kier molecular flexibility index (Phi) is 7.50. The molecule has 4 rings (SSSR count). The minimum Gasteiger partial charge on any atom is -0.323 e. The first kappa shape index (κ1) is 23.2. The van der Waals surface area contributed by atoms with Gasteiger partial charge in [-0.2, -0.15) is 0 Å². The summed E-state index contributed by atoms with van der Waals surface area (Å²) in [6.45, 7) is 2.05. The van der Waals surface area contributed by atoms with Crippen molar-refractivity contribution in [1.82, 2.24) is 14.8 Å². The fourth-order valence-corrected chi connectivity index (χ4v) is 6.24. The number of nitrogens with one attached hydrogen (secondary N) is 1. The summed E-state index contributed by atoms with van der Waals surface area (Å²) in [6, 6.07) is 21.8. The predicted molar refractivity (Wildman–Crippen MR) is 140 cm³/mol. The van der Waals surface area contributed by atoms with Crippen molar-refractivity contribution in [2.24, 2.45) is 0 Å². The van der Waals surface area contributed by atoms with Gasteiger partial charge in [0.05, 0.1) is 11.4 Å². The Morgan fingerprint density at radius 2 is 1.62 bits per heavy atom. The molecule has 0 saturated heterocycles. The second kappa shape index (κ2) is 10.3. The van der Waals surface area contributed by atoms with Gasteiger partial charge in [0.15, 0.2) is 11.0 Å². The Hall–Kier alpha value is -1.94. The van der Waals surface area contributed by atoms with E-state index in [-0.39, 0.29) is 11.7 Å². The number of hydrogen-bond acceptors (Lipinski definition) is 4. The van der Waals surface area contributed by atoms with E-state index < -0.39 is 0 Å². The average Bonchev–Trinajstić information content (AvgIpc) is 3.20. The lowest BCUT2D eigenvalue weighted by atomic mass is 10.2. The molecule has 0 radical (unpaired) electrons. The number of anilines is 1. The van der Waals surface area contributed by atoms with Gasteiger partial charge in [0.1, 0.15) is 0 Å². The third-order valence-corrected chi connectivity index (χ3v) is 7.20. The minimum absolute atomic E-state index is 0.140. The number of carbonyl (C=O) groups excluding carboxylic acids is 1. The first-order valence-electron chi connectivity index (χ1n) is 9.57. The molecule has 162 valence electrons. The summed E-state index contributed by atoms with van der Waals surface area (Å²) in [5.74, 6) is 0.780. The van der Waals surface area contributed by atoms with E-state index >= 15 is 0 Å². The maximum absolute atomic E-state index is 12.7. The van der Waals surface area contributed by atoms with Gasteiger partial charge in [-0.05, 0) is 63.0 Å². The largest absolute Gasteiger partial charge is 0.323 e. The van der Waals surface area contributed by atoms with Crippen LogP contribution in [0.15, 0.2) is 85.3 Å². The molecule has 0 aliphatic rings. The molecule has 3 aromatic carbocycles. The molecule has 0 atom stereocenters. The van der Waals surface area contributed by atoms with Gasteiger partial charge in [-0.3, -0.25) is 9.36 Å². The molecule has 0 spiro atoms. The maximum atomic E-state index is 12.7. The predicted octanol–water partition coefficient (Wildman–Crippen LogP) is 7.26. The van der Waals surface area contributed by atoms with E-state index in [0.717, 1.165) is 30.5 Å². The number of benzene rings is 3. The molecule has 1 heterocycles. The molecule has 4 aromatic rings. The number of amides is 1. The highest BCUT2D eigenvalue weighted by molar-refractivity contribution is 9.11. The van der Waals surface area contributed by atoms with Crippen molar-refractivity contribution in [1.29, 1.82) is 0 Å². The maximum Gasteiger partial charge on any atom is 0.234 e. The minimum atomic E-state index is -0.140. The average molecular weight is 637 g/mol. The SMILES string of the molecule is Cc1ccc(-n2c(SCC(=O)Nc3c(Br)cc(Br)cc3Br)nnc2-c2ccccc2)cc1. The monoisotopic (exact) mass is 634 g/mol. The van der Waals surface area contributed by atoms with Crippen molar-refractivity contribution in [3.8, 4) is 17.1 Å². The summed E-state index contributed by atoms with van der Waals surface area (Å²) >= 11 is 11.8. The first-order chi connectivity index (χ1) is 15.4. The lowest BCUT2D eigenvalue weighted by molar-refractivity contribution is -0.113. The van der Waals surface area contributed by atoms with Gasteiger partial charge in [0.25, 0.3) is 0 Å². The smallest absolute Gasteiger partial charge is 0.234 e.